The van der Waals surface area contributed by atoms with Crippen LogP contribution in [0, 0.1) is 18.8 Å². The van der Waals surface area contributed by atoms with E-state index in [2.05, 4.69) is 9.88 Å². The van der Waals surface area contributed by atoms with Crippen molar-refractivity contribution in [3.8, 4) is 0 Å². The van der Waals surface area contributed by atoms with Crippen molar-refractivity contribution in [3.63, 3.8) is 0 Å². The van der Waals surface area contributed by atoms with Crippen LogP contribution in [0.4, 0.5) is 19.0 Å². The molecule has 40 heavy (non-hydrogen) atoms. The quantitative estimate of drug-likeness (QED) is 0.485. The van der Waals surface area contributed by atoms with Gasteiger partial charge in [-0.3, -0.25) is 9.59 Å². The maximum absolute atomic E-state index is 14.0. The Kier molecular flexibility index (Phi) is 8.99. The van der Waals surface area contributed by atoms with Gasteiger partial charge in [0.05, 0.1) is 5.56 Å². The predicted molar refractivity (Wildman–Crippen MR) is 147 cm³/mol. The molecule has 1 aromatic heterocycles. The number of alkyl halides is 3. The number of amides is 2. The second-order valence-electron chi connectivity index (χ2n) is 11.2. The molecule has 1 atom stereocenters. The van der Waals surface area contributed by atoms with Gasteiger partial charge < -0.3 is 19.8 Å². The van der Waals surface area contributed by atoms with Crippen molar-refractivity contribution in [1.29, 1.82) is 0 Å². The van der Waals surface area contributed by atoms with Crippen LogP contribution in [0.5, 0.6) is 0 Å². The number of piperidine rings is 2. The lowest BCUT2D eigenvalue weighted by atomic mass is 9.82. The highest BCUT2D eigenvalue weighted by molar-refractivity contribution is 6.32. The van der Waals surface area contributed by atoms with Crippen molar-refractivity contribution in [3.05, 3.63) is 58.2 Å². The Bertz CT molecular complexity index is 1230. The maximum Gasteiger partial charge on any atom is 0.430 e. The summed E-state index contributed by atoms with van der Waals surface area (Å²) in [5.74, 6) is 0.00215. The van der Waals surface area contributed by atoms with Gasteiger partial charge in [0.2, 0.25) is 0 Å². The number of aromatic nitrogens is 1. The van der Waals surface area contributed by atoms with E-state index in [0.717, 1.165) is 49.1 Å². The van der Waals surface area contributed by atoms with Crippen molar-refractivity contribution >= 4 is 29.2 Å². The lowest BCUT2D eigenvalue weighted by Gasteiger charge is -2.40. The summed E-state index contributed by atoms with van der Waals surface area (Å²) < 4.78 is 42.1. The average Bonchev–Trinajstić information content (AvgIpc) is 2.92. The van der Waals surface area contributed by atoms with Gasteiger partial charge in [0.1, 0.15) is 11.0 Å². The smallest absolute Gasteiger partial charge is 0.369 e. The summed E-state index contributed by atoms with van der Waals surface area (Å²) in [5.41, 5.74) is -3.11. The number of likely N-dealkylation sites (tertiary alicyclic amines) is 1. The second-order valence-corrected chi connectivity index (χ2v) is 11.5. The number of rotatable bonds is 6. The highest BCUT2D eigenvalue weighted by Crippen LogP contribution is 2.42. The van der Waals surface area contributed by atoms with E-state index < -0.39 is 23.2 Å². The predicted octanol–water partition coefficient (Wildman–Crippen LogP) is 5.04. The molecule has 2 aliphatic heterocycles. The lowest BCUT2D eigenvalue weighted by molar-refractivity contribution is -0.262. The minimum Gasteiger partial charge on any atom is -0.369 e. The number of hydrogen-bond donors (Lipinski definition) is 1. The molecular formula is C29H36ClF3N4O3. The third-order valence-electron chi connectivity index (χ3n) is 8.13. The van der Waals surface area contributed by atoms with E-state index in [1.165, 1.54) is 17.0 Å². The summed E-state index contributed by atoms with van der Waals surface area (Å²) in [7, 11) is 3.32. The zero-order chi connectivity index (χ0) is 29.2. The molecule has 1 unspecified atom stereocenters. The van der Waals surface area contributed by atoms with Crippen LogP contribution in [-0.2, 0) is 10.4 Å². The Morgan fingerprint density at radius 1 is 1.02 bits per heavy atom. The van der Waals surface area contributed by atoms with E-state index in [0.29, 0.717) is 35.8 Å². The molecule has 218 valence electrons. The summed E-state index contributed by atoms with van der Waals surface area (Å²) >= 11 is 6.28. The first kappa shape index (κ1) is 30.1. The molecule has 2 aromatic rings. The fourth-order valence-electron chi connectivity index (χ4n) is 5.75. The Morgan fingerprint density at radius 3 is 2.15 bits per heavy atom. The molecule has 2 amide bonds. The molecule has 11 heteroatoms. The van der Waals surface area contributed by atoms with Gasteiger partial charge in [0.25, 0.3) is 17.4 Å². The molecule has 4 rings (SSSR count). The summed E-state index contributed by atoms with van der Waals surface area (Å²) in [4.78, 5) is 34.5. The van der Waals surface area contributed by atoms with Crippen LogP contribution >= 0.6 is 11.6 Å². The zero-order valence-corrected chi connectivity index (χ0v) is 23.8. The van der Waals surface area contributed by atoms with Crippen LogP contribution in [0.25, 0.3) is 0 Å². The van der Waals surface area contributed by atoms with Crippen molar-refractivity contribution < 1.29 is 27.9 Å². The van der Waals surface area contributed by atoms with Gasteiger partial charge in [0.15, 0.2) is 0 Å². The second kappa shape index (κ2) is 11.9. The van der Waals surface area contributed by atoms with Gasteiger partial charge in [-0.15, -0.1) is 0 Å². The lowest BCUT2D eigenvalue weighted by Crippen LogP contribution is -2.57. The van der Waals surface area contributed by atoms with E-state index in [1.807, 2.05) is 6.07 Å². The fourth-order valence-corrected chi connectivity index (χ4v) is 5.98. The summed E-state index contributed by atoms with van der Waals surface area (Å²) in [6, 6.07) is 8.92. The molecule has 2 aliphatic rings. The molecule has 1 N–H and O–H groups in total. The standard InChI is InChI=1S/C29H36ClF3N4O3/c1-19-5-4-6-22(17-19)28(40,29(31,32)33)27(39)37-15-11-21(12-16-37)18-20-9-13-36(14-10-20)24-8-7-23(25(30)34-24)26(38)35(2)3/h4-8,17,20-21,40H,9-16,18H2,1-3H3. The average molecular weight is 581 g/mol. The van der Waals surface area contributed by atoms with Gasteiger partial charge in [-0.05, 0) is 63.0 Å². The number of anilines is 1. The van der Waals surface area contributed by atoms with Crippen LogP contribution in [0.1, 0.15) is 53.6 Å². The normalized spacial score (nSPS) is 18.9. The number of aliphatic hydroxyl groups is 1. The van der Waals surface area contributed by atoms with Crippen LogP contribution in [-0.4, -0.2) is 78.2 Å². The highest BCUT2D eigenvalue weighted by Gasteiger charge is 2.62. The molecule has 0 radical (unpaired) electrons. The van der Waals surface area contributed by atoms with Gasteiger partial charge in [-0.2, -0.15) is 13.2 Å². The van der Waals surface area contributed by atoms with Gasteiger partial charge in [-0.1, -0.05) is 41.4 Å². The maximum atomic E-state index is 14.0. The summed E-state index contributed by atoms with van der Waals surface area (Å²) in [6.45, 7) is 3.58. The zero-order valence-electron chi connectivity index (χ0n) is 23.0. The van der Waals surface area contributed by atoms with Crippen molar-refractivity contribution in [2.75, 3.05) is 45.2 Å². The van der Waals surface area contributed by atoms with Crippen LogP contribution in [0.2, 0.25) is 5.15 Å². The number of aryl methyl sites for hydroxylation is 1. The number of carbonyl (C=O) groups excluding carboxylic acids is 2. The number of benzene rings is 1. The van der Waals surface area contributed by atoms with Gasteiger partial charge in [0, 0.05) is 45.8 Å². The third-order valence-corrected chi connectivity index (χ3v) is 8.42. The molecular weight excluding hydrogens is 545 g/mol. The van der Waals surface area contributed by atoms with Crippen LogP contribution in [0.3, 0.4) is 0 Å². The molecule has 7 nitrogen and oxygen atoms in total. The monoisotopic (exact) mass is 580 g/mol. The van der Waals surface area contributed by atoms with E-state index in [4.69, 9.17) is 11.6 Å². The molecule has 0 aliphatic carbocycles. The molecule has 2 fully saturated rings. The van der Waals surface area contributed by atoms with Crippen LogP contribution < -0.4 is 4.90 Å². The van der Waals surface area contributed by atoms with Crippen LogP contribution in [0.15, 0.2) is 36.4 Å². The largest absolute Gasteiger partial charge is 0.430 e. The van der Waals surface area contributed by atoms with E-state index >= 15 is 0 Å². The Balaban J connectivity index is 1.30. The molecule has 0 spiro atoms. The number of carbonyl (C=O) groups is 2. The molecule has 0 bridgehead atoms. The first-order valence-corrected chi connectivity index (χ1v) is 14.0. The van der Waals surface area contributed by atoms with E-state index in [-0.39, 0.29) is 24.1 Å². The van der Waals surface area contributed by atoms with E-state index in [9.17, 15) is 27.9 Å². The number of hydrogen-bond acceptors (Lipinski definition) is 5. The minimum atomic E-state index is -5.13. The number of nitrogens with zero attached hydrogens (tertiary/aromatic N) is 4. The van der Waals surface area contributed by atoms with Gasteiger partial charge in [-0.25, -0.2) is 4.98 Å². The topological polar surface area (TPSA) is 77.0 Å². The first-order valence-electron chi connectivity index (χ1n) is 13.6. The minimum absolute atomic E-state index is 0.180. The molecule has 0 saturated carbocycles. The number of pyridine rings is 1. The third kappa shape index (κ3) is 6.22. The summed E-state index contributed by atoms with van der Waals surface area (Å²) in [6.07, 6.45) is -1.10. The Hall–Kier alpha value is -2.85. The first-order chi connectivity index (χ1) is 18.8. The number of halogens is 4. The molecule has 1 aromatic carbocycles. The molecule has 2 saturated heterocycles. The fraction of sp³-hybridized carbons (Fsp3) is 0.552. The SMILES string of the molecule is Cc1cccc(C(O)(C(=O)N2CCC(CC3CCN(c4ccc(C(=O)N(C)C)c(Cl)n4)CC3)CC2)C(F)(F)F)c1. The molecule has 3 heterocycles. The van der Waals surface area contributed by atoms with Crippen molar-refractivity contribution in [2.45, 2.75) is 50.8 Å². The van der Waals surface area contributed by atoms with Crippen molar-refractivity contribution in [1.82, 2.24) is 14.8 Å². The highest BCUT2D eigenvalue weighted by atomic mass is 35.5. The Morgan fingerprint density at radius 2 is 1.62 bits per heavy atom. The summed E-state index contributed by atoms with van der Waals surface area (Å²) in [5, 5.41) is 10.9. The Labute approximate surface area is 237 Å². The van der Waals surface area contributed by atoms with E-state index in [1.54, 1.807) is 33.2 Å². The van der Waals surface area contributed by atoms with Gasteiger partial charge >= 0.3 is 6.18 Å². The van der Waals surface area contributed by atoms with Crippen molar-refractivity contribution in [2.24, 2.45) is 11.8 Å².